The second kappa shape index (κ2) is 8.45. The Hall–Kier alpha value is -1.19. The smallest absolute Gasteiger partial charge is 0.251 e. The van der Waals surface area contributed by atoms with E-state index >= 15 is 0 Å². The van der Waals surface area contributed by atoms with Gasteiger partial charge in [0.1, 0.15) is 4.90 Å². The molecule has 2 fully saturated rings. The molecule has 150 valence electrons. The van der Waals surface area contributed by atoms with E-state index in [2.05, 4.69) is 5.32 Å². The van der Waals surface area contributed by atoms with Crippen molar-refractivity contribution in [1.82, 2.24) is 9.62 Å². The molecule has 0 radical (unpaired) electrons. The second-order valence-corrected chi connectivity index (χ2v) is 9.38. The van der Waals surface area contributed by atoms with Crippen LogP contribution in [0.3, 0.4) is 0 Å². The fourth-order valence-electron chi connectivity index (χ4n) is 3.42. The summed E-state index contributed by atoms with van der Waals surface area (Å²) in [6.07, 6.45) is 1.50. The lowest BCUT2D eigenvalue weighted by Gasteiger charge is -2.34. The number of rotatable bonds is 5. The predicted molar refractivity (Wildman–Crippen MR) is 102 cm³/mol. The van der Waals surface area contributed by atoms with Gasteiger partial charge in [0, 0.05) is 31.8 Å². The third-order valence-electron chi connectivity index (χ3n) is 4.71. The second-order valence-electron chi connectivity index (χ2n) is 7.07. The Bertz CT molecular complexity index is 785. The standard InChI is InChI=1S/C18H25ClN2O5S/c1-12-10-21(11-13(2)26-12)27(23,24)17-8-14(5-6-16(17)19)18(22)20-9-15-4-3-7-25-15/h5-6,8,12-13,15H,3-4,7,9-11H2,1-2H3,(H,20,22)/t12-,13-,15+/m1/s1. The highest BCUT2D eigenvalue weighted by Gasteiger charge is 2.34. The molecule has 0 spiro atoms. The monoisotopic (exact) mass is 416 g/mol. The van der Waals surface area contributed by atoms with Crippen LogP contribution < -0.4 is 5.32 Å². The molecule has 0 bridgehead atoms. The number of hydrogen-bond acceptors (Lipinski definition) is 5. The van der Waals surface area contributed by atoms with Gasteiger partial charge < -0.3 is 14.8 Å². The molecule has 3 atom stereocenters. The van der Waals surface area contributed by atoms with E-state index in [-0.39, 0.29) is 52.8 Å². The predicted octanol–water partition coefficient (Wildman–Crippen LogP) is 2.05. The van der Waals surface area contributed by atoms with Crippen LogP contribution in [0.2, 0.25) is 5.02 Å². The first kappa shape index (κ1) is 20.5. The molecule has 0 aliphatic carbocycles. The minimum Gasteiger partial charge on any atom is -0.376 e. The maximum atomic E-state index is 13.1. The van der Waals surface area contributed by atoms with Gasteiger partial charge in [0.2, 0.25) is 10.0 Å². The lowest BCUT2D eigenvalue weighted by molar-refractivity contribution is -0.0440. The van der Waals surface area contributed by atoms with Crippen molar-refractivity contribution in [3.8, 4) is 0 Å². The van der Waals surface area contributed by atoms with Crippen molar-refractivity contribution in [2.75, 3.05) is 26.2 Å². The average Bonchev–Trinajstić information content (AvgIpc) is 3.12. The number of hydrogen-bond donors (Lipinski definition) is 1. The summed E-state index contributed by atoms with van der Waals surface area (Å²) < 4.78 is 38.6. The first-order valence-corrected chi connectivity index (χ1v) is 10.9. The summed E-state index contributed by atoms with van der Waals surface area (Å²) in [5.41, 5.74) is 0.255. The Kier molecular flexibility index (Phi) is 6.43. The van der Waals surface area contributed by atoms with E-state index < -0.39 is 10.0 Å². The Labute approximate surface area is 165 Å². The normalized spacial score (nSPS) is 26.9. The fraction of sp³-hybridized carbons (Fsp3) is 0.611. The number of carbonyl (C=O) groups excluding carboxylic acids is 1. The topological polar surface area (TPSA) is 84.9 Å². The van der Waals surface area contributed by atoms with Gasteiger partial charge in [0.05, 0.1) is 23.3 Å². The molecule has 9 heteroatoms. The van der Waals surface area contributed by atoms with E-state index in [4.69, 9.17) is 21.1 Å². The van der Waals surface area contributed by atoms with E-state index in [0.29, 0.717) is 13.2 Å². The van der Waals surface area contributed by atoms with Crippen LogP contribution in [0.25, 0.3) is 0 Å². The van der Waals surface area contributed by atoms with E-state index in [1.807, 2.05) is 13.8 Å². The quantitative estimate of drug-likeness (QED) is 0.794. The third kappa shape index (κ3) is 4.81. The molecule has 7 nitrogen and oxygen atoms in total. The lowest BCUT2D eigenvalue weighted by Crippen LogP contribution is -2.48. The van der Waals surface area contributed by atoms with E-state index in [9.17, 15) is 13.2 Å². The summed E-state index contributed by atoms with van der Waals surface area (Å²) in [6, 6.07) is 4.31. The maximum absolute atomic E-state index is 13.1. The van der Waals surface area contributed by atoms with E-state index in [1.54, 1.807) is 0 Å². The minimum absolute atomic E-state index is 0.0146. The van der Waals surface area contributed by atoms with Crippen LogP contribution in [-0.2, 0) is 19.5 Å². The molecule has 1 N–H and O–H groups in total. The maximum Gasteiger partial charge on any atom is 0.251 e. The summed E-state index contributed by atoms with van der Waals surface area (Å²) in [7, 11) is -3.83. The Morgan fingerprint density at radius 1 is 1.30 bits per heavy atom. The molecule has 3 rings (SSSR count). The van der Waals surface area contributed by atoms with Gasteiger partial charge in [0.25, 0.3) is 5.91 Å². The third-order valence-corrected chi connectivity index (χ3v) is 7.02. The summed E-state index contributed by atoms with van der Waals surface area (Å²) in [4.78, 5) is 12.4. The van der Waals surface area contributed by atoms with Crippen molar-refractivity contribution in [2.45, 2.75) is 49.9 Å². The van der Waals surface area contributed by atoms with E-state index in [0.717, 1.165) is 12.8 Å². The summed E-state index contributed by atoms with van der Waals surface area (Å²) in [6.45, 7) is 5.27. The van der Waals surface area contributed by atoms with Crippen LogP contribution in [-0.4, -0.2) is 63.2 Å². The van der Waals surface area contributed by atoms with Crippen LogP contribution >= 0.6 is 11.6 Å². The highest BCUT2D eigenvalue weighted by molar-refractivity contribution is 7.89. The Morgan fingerprint density at radius 2 is 2.00 bits per heavy atom. The van der Waals surface area contributed by atoms with Gasteiger partial charge in [0.15, 0.2) is 0 Å². The van der Waals surface area contributed by atoms with Crippen LogP contribution in [0.15, 0.2) is 23.1 Å². The molecule has 1 aromatic rings. The highest BCUT2D eigenvalue weighted by atomic mass is 35.5. The van der Waals surface area contributed by atoms with Gasteiger partial charge in [-0.15, -0.1) is 0 Å². The van der Waals surface area contributed by atoms with Gasteiger partial charge in [-0.1, -0.05) is 11.6 Å². The van der Waals surface area contributed by atoms with Crippen LogP contribution in [0, 0.1) is 0 Å². The first-order chi connectivity index (χ1) is 12.8. The largest absolute Gasteiger partial charge is 0.376 e. The number of nitrogens with zero attached hydrogens (tertiary/aromatic N) is 1. The number of halogens is 1. The molecular formula is C18H25ClN2O5S. The number of nitrogens with one attached hydrogen (secondary N) is 1. The van der Waals surface area contributed by atoms with Crippen LogP contribution in [0.4, 0.5) is 0 Å². The molecule has 2 heterocycles. The van der Waals surface area contributed by atoms with Crippen LogP contribution in [0.1, 0.15) is 37.0 Å². The van der Waals surface area contributed by atoms with Gasteiger partial charge in [-0.3, -0.25) is 4.79 Å². The van der Waals surface area contributed by atoms with Crippen LogP contribution in [0.5, 0.6) is 0 Å². The van der Waals surface area contributed by atoms with Crippen molar-refractivity contribution in [2.24, 2.45) is 0 Å². The van der Waals surface area contributed by atoms with Crippen molar-refractivity contribution < 1.29 is 22.7 Å². The molecule has 2 saturated heterocycles. The highest BCUT2D eigenvalue weighted by Crippen LogP contribution is 2.28. The molecule has 0 saturated carbocycles. The molecule has 2 aliphatic rings. The number of amides is 1. The average molecular weight is 417 g/mol. The zero-order valence-electron chi connectivity index (χ0n) is 15.5. The molecule has 27 heavy (non-hydrogen) atoms. The molecule has 0 aromatic heterocycles. The summed E-state index contributed by atoms with van der Waals surface area (Å²) in [5, 5.41) is 2.89. The van der Waals surface area contributed by atoms with Gasteiger partial charge in [-0.05, 0) is 44.9 Å². The van der Waals surface area contributed by atoms with Crippen molar-refractivity contribution in [3.63, 3.8) is 0 Å². The van der Waals surface area contributed by atoms with Crippen molar-refractivity contribution in [3.05, 3.63) is 28.8 Å². The molecule has 0 unspecified atom stereocenters. The Balaban J connectivity index is 1.78. The fourth-order valence-corrected chi connectivity index (χ4v) is 5.51. The number of benzene rings is 1. The van der Waals surface area contributed by atoms with Gasteiger partial charge in [-0.2, -0.15) is 4.31 Å². The number of morpholine rings is 1. The molecule has 2 aliphatic heterocycles. The zero-order chi connectivity index (χ0) is 19.6. The summed E-state index contributed by atoms with van der Waals surface area (Å²) >= 11 is 6.17. The number of sulfonamides is 1. The SMILES string of the molecule is C[C@@H]1CN(S(=O)(=O)c2cc(C(=O)NC[C@@H]3CCCO3)ccc2Cl)C[C@@H](C)O1. The summed E-state index contributed by atoms with van der Waals surface area (Å²) in [5.74, 6) is -0.345. The zero-order valence-corrected chi connectivity index (χ0v) is 17.1. The molecule has 1 amide bonds. The number of carbonyl (C=O) groups is 1. The van der Waals surface area contributed by atoms with Crippen molar-refractivity contribution in [1.29, 1.82) is 0 Å². The van der Waals surface area contributed by atoms with Gasteiger partial charge >= 0.3 is 0 Å². The minimum atomic E-state index is -3.83. The first-order valence-electron chi connectivity index (χ1n) is 9.12. The lowest BCUT2D eigenvalue weighted by atomic mass is 10.2. The van der Waals surface area contributed by atoms with Gasteiger partial charge in [-0.25, -0.2) is 8.42 Å². The molecule has 1 aromatic carbocycles. The number of ether oxygens (including phenoxy) is 2. The van der Waals surface area contributed by atoms with Crippen molar-refractivity contribution >= 4 is 27.5 Å². The van der Waals surface area contributed by atoms with E-state index in [1.165, 1.54) is 22.5 Å². The molecular weight excluding hydrogens is 392 g/mol. The Morgan fingerprint density at radius 3 is 2.63 bits per heavy atom.